The summed E-state index contributed by atoms with van der Waals surface area (Å²) in [4.78, 5) is 26.7. The van der Waals surface area contributed by atoms with Crippen LogP contribution in [0.15, 0.2) is 36.6 Å². The Labute approximate surface area is 117 Å². The summed E-state index contributed by atoms with van der Waals surface area (Å²) in [5.74, 6) is -0.548. The van der Waals surface area contributed by atoms with Crippen molar-refractivity contribution >= 4 is 11.9 Å². The topological polar surface area (TPSA) is 65.5 Å². The molecule has 106 valence electrons. The molecule has 0 atom stereocenters. The van der Waals surface area contributed by atoms with Crippen LogP contribution in [0, 0.1) is 6.92 Å². The lowest BCUT2D eigenvalue weighted by atomic mass is 10.2. The van der Waals surface area contributed by atoms with Gasteiger partial charge >= 0.3 is 11.9 Å². The third kappa shape index (κ3) is 5.06. The maximum Gasteiger partial charge on any atom is 0.335 e. The number of pyridine rings is 1. The van der Waals surface area contributed by atoms with Gasteiger partial charge in [-0.15, -0.1) is 0 Å². The first kappa shape index (κ1) is 15.6. The Kier molecular flexibility index (Phi) is 6.16. The third-order valence-electron chi connectivity index (χ3n) is 2.29. The number of nitrogens with zero attached hydrogens (tertiary/aromatic N) is 1. The molecule has 0 radical (unpaired) electrons. The van der Waals surface area contributed by atoms with Crippen LogP contribution >= 0.6 is 0 Å². The summed E-state index contributed by atoms with van der Waals surface area (Å²) in [7, 11) is 0. The molecule has 1 aromatic rings. The number of carbonyl (C=O) groups is 2. The Hall–Kier alpha value is -2.43. The second-order valence-corrected chi connectivity index (χ2v) is 3.96. The third-order valence-corrected chi connectivity index (χ3v) is 2.29. The lowest BCUT2D eigenvalue weighted by molar-refractivity contribution is -0.139. The zero-order valence-corrected chi connectivity index (χ0v) is 11.8. The molecule has 0 saturated carbocycles. The van der Waals surface area contributed by atoms with Gasteiger partial charge in [0.15, 0.2) is 5.75 Å². The standard InChI is InChI=1S/C15H17NO4/c1-4-6-14(17)19-10-12-8-13(11(3)16-9-12)20-15(18)7-5-2/h4-9H,10H2,1-3H3/b6-4+,7-5+. The number of hydrogen-bond donors (Lipinski definition) is 0. The van der Waals surface area contributed by atoms with Crippen molar-refractivity contribution in [3.63, 3.8) is 0 Å². The zero-order valence-electron chi connectivity index (χ0n) is 11.8. The minimum absolute atomic E-state index is 0.0740. The number of allylic oxidation sites excluding steroid dienone is 2. The van der Waals surface area contributed by atoms with Gasteiger partial charge in [-0.3, -0.25) is 4.98 Å². The molecule has 0 saturated heterocycles. The molecule has 0 fully saturated rings. The summed E-state index contributed by atoms with van der Waals surface area (Å²) in [6.07, 6.45) is 7.41. The maximum atomic E-state index is 11.4. The van der Waals surface area contributed by atoms with Crippen LogP contribution < -0.4 is 4.74 Å². The molecule has 0 aliphatic rings. The van der Waals surface area contributed by atoms with Gasteiger partial charge < -0.3 is 9.47 Å². The zero-order chi connectivity index (χ0) is 15.0. The van der Waals surface area contributed by atoms with Crippen LogP contribution in [-0.2, 0) is 20.9 Å². The van der Waals surface area contributed by atoms with Crippen molar-refractivity contribution in [1.82, 2.24) is 4.98 Å². The van der Waals surface area contributed by atoms with E-state index in [9.17, 15) is 9.59 Å². The maximum absolute atomic E-state index is 11.4. The van der Waals surface area contributed by atoms with Crippen molar-refractivity contribution < 1.29 is 19.1 Å². The van der Waals surface area contributed by atoms with Gasteiger partial charge in [-0.05, 0) is 26.8 Å². The fourth-order valence-corrected chi connectivity index (χ4v) is 1.35. The molecule has 5 heteroatoms. The quantitative estimate of drug-likeness (QED) is 0.610. The van der Waals surface area contributed by atoms with Gasteiger partial charge in [0.1, 0.15) is 6.61 Å². The Bertz CT molecular complexity index is 547. The molecule has 0 aliphatic carbocycles. The number of ether oxygens (including phenoxy) is 2. The van der Waals surface area contributed by atoms with Gasteiger partial charge in [-0.25, -0.2) is 9.59 Å². The molecule has 0 N–H and O–H groups in total. The van der Waals surface area contributed by atoms with Crippen molar-refractivity contribution in [2.45, 2.75) is 27.4 Å². The van der Waals surface area contributed by atoms with E-state index in [1.807, 2.05) is 0 Å². The minimum Gasteiger partial charge on any atom is -0.458 e. The highest BCUT2D eigenvalue weighted by Crippen LogP contribution is 2.18. The minimum atomic E-state index is -0.472. The Balaban J connectivity index is 2.75. The van der Waals surface area contributed by atoms with Gasteiger partial charge in [0.25, 0.3) is 0 Å². The van der Waals surface area contributed by atoms with Crippen LogP contribution in [0.3, 0.4) is 0 Å². The van der Waals surface area contributed by atoms with Gasteiger partial charge in [0, 0.05) is 23.9 Å². The SMILES string of the molecule is C/C=C/C(=O)OCc1cnc(C)c(OC(=O)/C=C/C)c1. The average molecular weight is 275 g/mol. The number of rotatable bonds is 5. The molecular formula is C15H17NO4. The highest BCUT2D eigenvalue weighted by atomic mass is 16.5. The number of aromatic nitrogens is 1. The lowest BCUT2D eigenvalue weighted by Crippen LogP contribution is -2.07. The van der Waals surface area contributed by atoms with Crippen LogP contribution in [0.2, 0.25) is 0 Å². The van der Waals surface area contributed by atoms with E-state index in [2.05, 4.69) is 4.98 Å². The van der Waals surface area contributed by atoms with Crippen molar-refractivity contribution in [3.8, 4) is 5.75 Å². The molecule has 0 unspecified atom stereocenters. The Morgan fingerprint density at radius 3 is 2.50 bits per heavy atom. The summed E-state index contributed by atoms with van der Waals surface area (Å²) >= 11 is 0. The predicted octanol–water partition coefficient (Wildman–Crippen LogP) is 2.49. The van der Waals surface area contributed by atoms with E-state index >= 15 is 0 Å². The monoisotopic (exact) mass is 275 g/mol. The normalized spacial score (nSPS) is 10.9. The predicted molar refractivity (Wildman–Crippen MR) is 74.0 cm³/mol. The first-order valence-electron chi connectivity index (χ1n) is 6.16. The highest BCUT2D eigenvalue weighted by Gasteiger charge is 2.08. The van der Waals surface area contributed by atoms with E-state index < -0.39 is 11.9 Å². The van der Waals surface area contributed by atoms with E-state index in [1.165, 1.54) is 12.2 Å². The largest absolute Gasteiger partial charge is 0.458 e. The van der Waals surface area contributed by atoms with Crippen molar-refractivity contribution in [2.75, 3.05) is 0 Å². The van der Waals surface area contributed by atoms with Crippen molar-refractivity contribution in [1.29, 1.82) is 0 Å². The lowest BCUT2D eigenvalue weighted by Gasteiger charge is -2.07. The summed E-state index contributed by atoms with van der Waals surface area (Å²) < 4.78 is 10.1. The van der Waals surface area contributed by atoms with E-state index in [0.717, 1.165) is 0 Å². The summed E-state index contributed by atoms with van der Waals surface area (Å²) in [6, 6.07) is 1.63. The summed E-state index contributed by atoms with van der Waals surface area (Å²) in [6.45, 7) is 5.26. The number of carbonyl (C=O) groups excluding carboxylic acids is 2. The summed E-state index contributed by atoms with van der Waals surface area (Å²) in [5, 5.41) is 0. The van der Waals surface area contributed by atoms with Gasteiger partial charge in [-0.1, -0.05) is 12.2 Å². The molecule has 1 heterocycles. The molecule has 5 nitrogen and oxygen atoms in total. The molecular weight excluding hydrogens is 258 g/mol. The molecule has 0 aromatic carbocycles. The molecule has 0 amide bonds. The Morgan fingerprint density at radius 2 is 1.85 bits per heavy atom. The molecule has 0 spiro atoms. The highest BCUT2D eigenvalue weighted by molar-refractivity contribution is 5.84. The van der Waals surface area contributed by atoms with Crippen LogP contribution in [0.5, 0.6) is 5.75 Å². The average Bonchev–Trinajstić information content (AvgIpc) is 2.40. The molecule has 1 aromatic heterocycles. The smallest absolute Gasteiger partial charge is 0.335 e. The second-order valence-electron chi connectivity index (χ2n) is 3.96. The number of esters is 2. The number of aryl methyl sites for hydroxylation is 1. The summed E-state index contributed by atoms with van der Waals surface area (Å²) in [5.41, 5.74) is 1.24. The first-order chi connectivity index (χ1) is 9.56. The van der Waals surface area contributed by atoms with E-state index in [0.29, 0.717) is 17.0 Å². The number of hydrogen-bond acceptors (Lipinski definition) is 5. The second kappa shape index (κ2) is 7.89. The van der Waals surface area contributed by atoms with Gasteiger partial charge in [-0.2, -0.15) is 0 Å². The van der Waals surface area contributed by atoms with Crippen LogP contribution in [0.1, 0.15) is 25.1 Å². The van der Waals surface area contributed by atoms with Crippen molar-refractivity contribution in [3.05, 3.63) is 47.8 Å². The molecule has 0 aliphatic heterocycles. The van der Waals surface area contributed by atoms with E-state index in [4.69, 9.17) is 9.47 Å². The van der Waals surface area contributed by atoms with Crippen LogP contribution in [-0.4, -0.2) is 16.9 Å². The first-order valence-corrected chi connectivity index (χ1v) is 6.16. The van der Waals surface area contributed by atoms with E-state index in [1.54, 1.807) is 45.2 Å². The fraction of sp³-hybridized carbons (Fsp3) is 0.267. The van der Waals surface area contributed by atoms with E-state index in [-0.39, 0.29) is 6.61 Å². The molecule has 1 rings (SSSR count). The van der Waals surface area contributed by atoms with Gasteiger partial charge in [0.05, 0.1) is 5.69 Å². The van der Waals surface area contributed by atoms with Gasteiger partial charge in [0.2, 0.25) is 0 Å². The fourth-order valence-electron chi connectivity index (χ4n) is 1.35. The molecule has 20 heavy (non-hydrogen) atoms. The van der Waals surface area contributed by atoms with Crippen molar-refractivity contribution in [2.24, 2.45) is 0 Å². The van der Waals surface area contributed by atoms with Crippen LogP contribution in [0.4, 0.5) is 0 Å². The Morgan fingerprint density at radius 1 is 1.20 bits per heavy atom. The van der Waals surface area contributed by atoms with Crippen LogP contribution in [0.25, 0.3) is 0 Å². The molecule has 0 bridgehead atoms.